The van der Waals surface area contributed by atoms with E-state index < -0.39 is 0 Å². The second kappa shape index (κ2) is 4.51. The summed E-state index contributed by atoms with van der Waals surface area (Å²) in [7, 11) is 0. The van der Waals surface area contributed by atoms with Crippen molar-refractivity contribution >= 4 is 0 Å². The van der Waals surface area contributed by atoms with Gasteiger partial charge in [-0.05, 0) is 44.1 Å². The topological polar surface area (TPSA) is 76.1 Å². The number of nitrogens with one attached hydrogen (secondary N) is 2. The van der Waals surface area contributed by atoms with Crippen molar-refractivity contribution in [3.8, 4) is 0 Å². The summed E-state index contributed by atoms with van der Waals surface area (Å²) in [4.78, 5) is 0. The zero-order valence-electron chi connectivity index (χ0n) is 9.31. The van der Waals surface area contributed by atoms with Gasteiger partial charge in [-0.15, -0.1) is 0 Å². The Morgan fingerprint density at radius 2 is 1.73 bits per heavy atom. The van der Waals surface area contributed by atoms with Gasteiger partial charge in [-0.3, -0.25) is 17.1 Å². The predicted octanol–water partition coefficient (Wildman–Crippen LogP) is 1.05. The van der Waals surface area contributed by atoms with Crippen molar-refractivity contribution in [2.24, 2.45) is 11.7 Å². The van der Waals surface area contributed by atoms with Gasteiger partial charge in [0.05, 0.1) is 5.54 Å². The molecule has 86 valence electrons. The minimum atomic E-state index is 0.0381. The highest BCUT2D eigenvalue weighted by Gasteiger charge is 2.37. The second-order valence-corrected chi connectivity index (χ2v) is 4.74. The maximum atomic E-state index is 5.78. The molecule has 2 aliphatic rings. The molecule has 2 aliphatic carbocycles. The van der Waals surface area contributed by atoms with E-state index in [4.69, 9.17) is 11.7 Å². The van der Waals surface area contributed by atoms with Gasteiger partial charge in [0.1, 0.15) is 0 Å². The normalized spacial score (nSPS) is 32.1. The van der Waals surface area contributed by atoms with Crippen LogP contribution in [-0.2, 0) is 0 Å². The van der Waals surface area contributed by atoms with Crippen LogP contribution in [-0.4, -0.2) is 5.54 Å². The van der Waals surface area contributed by atoms with Crippen molar-refractivity contribution < 1.29 is 0 Å². The largest absolute Gasteiger partial charge is 0.328 e. The van der Waals surface area contributed by atoms with Gasteiger partial charge in [0.15, 0.2) is 0 Å². The van der Waals surface area contributed by atoms with E-state index in [2.05, 4.69) is 10.9 Å². The molecule has 0 aromatic carbocycles. The summed E-state index contributed by atoms with van der Waals surface area (Å²) in [6, 6.07) is 0. The van der Waals surface area contributed by atoms with Crippen LogP contribution in [0, 0.1) is 0 Å². The number of fused-ring (bicyclic) bond motifs is 1. The first-order valence-corrected chi connectivity index (χ1v) is 5.99. The minimum Gasteiger partial charge on any atom is -0.328 e. The molecule has 0 aromatic rings. The smallest absolute Gasteiger partial charge is 0.0549 e. The Kier molecular flexibility index (Phi) is 3.29. The minimum absolute atomic E-state index is 0.0381. The van der Waals surface area contributed by atoms with Crippen LogP contribution >= 0.6 is 0 Å². The van der Waals surface area contributed by atoms with Crippen LogP contribution in [0.25, 0.3) is 0 Å². The molecule has 6 N–H and O–H groups in total. The lowest BCUT2D eigenvalue weighted by molar-refractivity contribution is 0.303. The van der Waals surface area contributed by atoms with E-state index in [9.17, 15) is 0 Å². The Labute approximate surface area is 91.4 Å². The molecule has 1 atom stereocenters. The summed E-state index contributed by atoms with van der Waals surface area (Å²) >= 11 is 0. The lowest BCUT2D eigenvalue weighted by atomic mass is 9.76. The molecule has 0 heterocycles. The average Bonchev–Trinajstić information content (AvgIpc) is 2.51. The first-order chi connectivity index (χ1) is 7.32. The molecular formula is C11H22N4. The maximum absolute atomic E-state index is 5.78. The lowest BCUT2D eigenvalue weighted by Crippen LogP contribution is -2.53. The molecule has 1 fully saturated rings. The van der Waals surface area contributed by atoms with E-state index >= 15 is 0 Å². The van der Waals surface area contributed by atoms with Crippen molar-refractivity contribution in [2.45, 2.75) is 56.9 Å². The summed E-state index contributed by atoms with van der Waals surface area (Å²) < 4.78 is 0. The highest BCUT2D eigenvalue weighted by atomic mass is 15.3. The summed E-state index contributed by atoms with van der Waals surface area (Å²) in [6.45, 7) is 0. The van der Waals surface area contributed by atoms with Crippen molar-refractivity contribution in [1.29, 1.82) is 0 Å². The van der Waals surface area contributed by atoms with Gasteiger partial charge in [-0.2, -0.15) is 0 Å². The van der Waals surface area contributed by atoms with Crippen LogP contribution in [0.4, 0.5) is 0 Å². The number of hydrazine groups is 2. The van der Waals surface area contributed by atoms with E-state index in [-0.39, 0.29) is 5.54 Å². The number of hydrogen-bond acceptors (Lipinski definition) is 4. The van der Waals surface area contributed by atoms with Gasteiger partial charge in [0.2, 0.25) is 0 Å². The third-order valence-electron chi connectivity index (χ3n) is 3.95. The van der Waals surface area contributed by atoms with Gasteiger partial charge >= 0.3 is 0 Å². The first-order valence-electron chi connectivity index (χ1n) is 5.99. The van der Waals surface area contributed by atoms with E-state index in [1.54, 1.807) is 0 Å². The molecule has 0 aromatic heterocycles. The fourth-order valence-corrected chi connectivity index (χ4v) is 3.12. The van der Waals surface area contributed by atoms with Gasteiger partial charge < -0.3 is 5.43 Å². The fourth-order valence-electron chi connectivity index (χ4n) is 3.12. The van der Waals surface area contributed by atoms with Gasteiger partial charge in [-0.25, -0.2) is 0 Å². The van der Waals surface area contributed by atoms with Crippen LogP contribution in [0.15, 0.2) is 11.3 Å². The van der Waals surface area contributed by atoms with E-state index in [1.807, 2.05) is 0 Å². The molecule has 0 bridgehead atoms. The van der Waals surface area contributed by atoms with Crippen molar-refractivity contribution in [3.05, 3.63) is 11.3 Å². The number of hydrogen-bond donors (Lipinski definition) is 4. The zero-order valence-corrected chi connectivity index (χ0v) is 9.31. The molecule has 2 rings (SSSR count). The van der Waals surface area contributed by atoms with Crippen LogP contribution in [0.2, 0.25) is 0 Å². The van der Waals surface area contributed by atoms with Gasteiger partial charge in [-0.1, -0.05) is 12.8 Å². The average molecular weight is 210 g/mol. The molecule has 0 saturated heterocycles. The Balaban J connectivity index is 2.35. The van der Waals surface area contributed by atoms with E-state index in [0.717, 1.165) is 25.7 Å². The number of allylic oxidation sites excluding steroid dienone is 1. The molecule has 4 heteroatoms. The monoisotopic (exact) mass is 210 g/mol. The third kappa shape index (κ3) is 1.89. The van der Waals surface area contributed by atoms with Crippen LogP contribution in [0.1, 0.15) is 51.4 Å². The molecule has 4 nitrogen and oxygen atoms in total. The fraction of sp³-hybridized carbons (Fsp3) is 0.818. The molecule has 1 saturated carbocycles. The quantitative estimate of drug-likeness (QED) is 0.406. The Morgan fingerprint density at radius 3 is 2.47 bits per heavy atom. The SMILES string of the molecule is NNC1=C2CCCCCC2(NN)CCC1. The highest BCUT2D eigenvalue weighted by Crippen LogP contribution is 2.40. The van der Waals surface area contributed by atoms with Crippen molar-refractivity contribution in [3.63, 3.8) is 0 Å². The number of rotatable bonds is 2. The maximum Gasteiger partial charge on any atom is 0.0549 e. The number of nitrogens with two attached hydrogens (primary N) is 2. The predicted molar refractivity (Wildman–Crippen MR) is 61.3 cm³/mol. The van der Waals surface area contributed by atoms with Crippen LogP contribution in [0.3, 0.4) is 0 Å². The third-order valence-corrected chi connectivity index (χ3v) is 3.95. The summed E-state index contributed by atoms with van der Waals surface area (Å²) in [5.74, 6) is 11.4. The van der Waals surface area contributed by atoms with Gasteiger partial charge in [0, 0.05) is 5.70 Å². The summed E-state index contributed by atoms with van der Waals surface area (Å²) in [5.41, 5.74) is 8.65. The molecule has 0 aliphatic heterocycles. The van der Waals surface area contributed by atoms with Gasteiger partial charge in [0.25, 0.3) is 0 Å². The molecule has 0 amide bonds. The van der Waals surface area contributed by atoms with Crippen molar-refractivity contribution in [2.75, 3.05) is 0 Å². The zero-order chi connectivity index (χ0) is 10.7. The van der Waals surface area contributed by atoms with E-state index in [1.165, 1.54) is 37.0 Å². The summed E-state index contributed by atoms with van der Waals surface area (Å²) in [5, 5.41) is 0. The summed E-state index contributed by atoms with van der Waals surface area (Å²) in [6.07, 6.45) is 9.56. The molecule has 0 radical (unpaired) electrons. The Morgan fingerprint density at radius 1 is 0.933 bits per heavy atom. The van der Waals surface area contributed by atoms with Crippen LogP contribution < -0.4 is 22.5 Å². The van der Waals surface area contributed by atoms with Crippen molar-refractivity contribution in [1.82, 2.24) is 10.9 Å². The second-order valence-electron chi connectivity index (χ2n) is 4.74. The standard InChI is InChI=1S/C11H22N4/c12-14-10-6-4-8-11(15-13)7-3-1-2-5-9(10)11/h14-15H,1-8,12-13H2. The lowest BCUT2D eigenvalue weighted by Gasteiger charge is -2.39. The first kappa shape index (κ1) is 10.9. The van der Waals surface area contributed by atoms with Crippen LogP contribution in [0.5, 0.6) is 0 Å². The molecule has 0 spiro atoms. The molecular weight excluding hydrogens is 188 g/mol. The Hall–Kier alpha value is -0.580. The Bertz CT molecular complexity index is 261. The molecule has 1 unspecified atom stereocenters. The molecule has 15 heavy (non-hydrogen) atoms. The highest BCUT2D eigenvalue weighted by molar-refractivity contribution is 5.29. The van der Waals surface area contributed by atoms with E-state index in [0.29, 0.717) is 0 Å².